The predicted octanol–water partition coefficient (Wildman–Crippen LogP) is 3.20. The molecule has 0 amide bonds. The smallest absolute Gasteiger partial charge is 0.150 e. The normalized spacial score (nSPS) is 9.79. The number of nitriles is 1. The van der Waals surface area contributed by atoms with E-state index in [1.54, 1.807) is 19.2 Å². The minimum Gasteiger partial charge on any atom is -0.372 e. The molecule has 1 heterocycles. The summed E-state index contributed by atoms with van der Waals surface area (Å²) in [5.41, 5.74) is 2.49. The molecule has 0 aliphatic carbocycles. The van der Waals surface area contributed by atoms with Crippen LogP contribution in [0.3, 0.4) is 0 Å². The maximum atomic E-state index is 8.93. The van der Waals surface area contributed by atoms with Crippen molar-refractivity contribution in [1.82, 2.24) is 9.97 Å². The van der Waals surface area contributed by atoms with Crippen molar-refractivity contribution in [3.05, 3.63) is 40.1 Å². The highest BCUT2D eigenvalue weighted by atomic mass is 79.9. The molecular weight excluding hydrogens is 306 g/mol. The molecule has 0 aliphatic heterocycles. The average molecular weight is 318 g/mol. The fourth-order valence-electron chi connectivity index (χ4n) is 1.59. The summed E-state index contributed by atoms with van der Waals surface area (Å²) in [6.07, 6.45) is 1.47. The number of anilines is 3. The van der Waals surface area contributed by atoms with Gasteiger partial charge in [-0.1, -0.05) is 6.07 Å². The zero-order valence-corrected chi connectivity index (χ0v) is 12.1. The molecule has 0 aliphatic rings. The number of hydrogen-bond acceptors (Lipinski definition) is 5. The summed E-state index contributed by atoms with van der Waals surface area (Å²) < 4.78 is 0.749. The van der Waals surface area contributed by atoms with Gasteiger partial charge in [0, 0.05) is 12.7 Å². The van der Waals surface area contributed by atoms with E-state index in [0.29, 0.717) is 17.2 Å². The predicted molar refractivity (Wildman–Crippen MR) is 78.5 cm³/mol. The first-order valence-electron chi connectivity index (χ1n) is 5.61. The summed E-state index contributed by atoms with van der Waals surface area (Å²) in [5, 5.41) is 15.1. The van der Waals surface area contributed by atoms with E-state index in [4.69, 9.17) is 5.26 Å². The lowest BCUT2D eigenvalue weighted by molar-refractivity contribution is 1.14. The maximum Gasteiger partial charge on any atom is 0.150 e. The molecule has 6 heteroatoms. The van der Waals surface area contributed by atoms with Crippen LogP contribution < -0.4 is 10.6 Å². The summed E-state index contributed by atoms with van der Waals surface area (Å²) in [5.74, 6) is 1.35. The molecule has 0 saturated carbocycles. The standard InChI is InChI=1S/C13H12BrN5/c1-8-3-4-9(6-15)5-10(8)19-13-11(14)12(16-2)17-7-18-13/h3-5,7H,1-2H3,(H2,16,17,18,19). The van der Waals surface area contributed by atoms with Gasteiger partial charge in [0.2, 0.25) is 0 Å². The summed E-state index contributed by atoms with van der Waals surface area (Å²) in [6, 6.07) is 7.60. The Labute approximate surface area is 119 Å². The van der Waals surface area contributed by atoms with Crippen LogP contribution in [0.2, 0.25) is 0 Å². The van der Waals surface area contributed by atoms with Crippen molar-refractivity contribution in [3.8, 4) is 6.07 Å². The lowest BCUT2D eigenvalue weighted by Gasteiger charge is -2.12. The fourth-order valence-corrected chi connectivity index (χ4v) is 2.09. The summed E-state index contributed by atoms with van der Waals surface area (Å²) in [6.45, 7) is 1.97. The summed E-state index contributed by atoms with van der Waals surface area (Å²) in [4.78, 5) is 8.28. The number of aryl methyl sites for hydroxylation is 1. The minimum absolute atomic E-state index is 0.604. The Kier molecular flexibility index (Phi) is 3.97. The third kappa shape index (κ3) is 2.83. The van der Waals surface area contributed by atoms with Crippen LogP contribution in [0.15, 0.2) is 29.0 Å². The minimum atomic E-state index is 0.604. The topological polar surface area (TPSA) is 73.6 Å². The molecule has 2 aromatic rings. The summed E-state index contributed by atoms with van der Waals surface area (Å²) in [7, 11) is 1.79. The van der Waals surface area contributed by atoms with Gasteiger partial charge in [0.05, 0.1) is 11.6 Å². The lowest BCUT2D eigenvalue weighted by Crippen LogP contribution is -2.01. The number of benzene rings is 1. The number of halogens is 1. The Morgan fingerprint density at radius 1 is 1.26 bits per heavy atom. The molecule has 1 aromatic carbocycles. The molecule has 0 atom stereocenters. The molecule has 19 heavy (non-hydrogen) atoms. The van der Waals surface area contributed by atoms with Crippen LogP contribution in [0.1, 0.15) is 11.1 Å². The molecule has 0 spiro atoms. The third-order valence-corrected chi connectivity index (χ3v) is 3.40. The van der Waals surface area contributed by atoms with Gasteiger partial charge in [-0.15, -0.1) is 0 Å². The number of rotatable bonds is 3. The zero-order valence-electron chi connectivity index (χ0n) is 10.5. The first kappa shape index (κ1) is 13.3. The maximum absolute atomic E-state index is 8.93. The Balaban J connectivity index is 2.39. The SMILES string of the molecule is CNc1ncnc(Nc2cc(C#N)ccc2C)c1Br. The van der Waals surface area contributed by atoms with Crippen LogP contribution in [-0.4, -0.2) is 17.0 Å². The van der Waals surface area contributed by atoms with Crippen molar-refractivity contribution < 1.29 is 0 Å². The van der Waals surface area contributed by atoms with E-state index in [0.717, 1.165) is 15.7 Å². The van der Waals surface area contributed by atoms with Crippen molar-refractivity contribution in [2.75, 3.05) is 17.7 Å². The van der Waals surface area contributed by atoms with Gasteiger partial charge in [0.15, 0.2) is 0 Å². The number of nitrogens with zero attached hydrogens (tertiary/aromatic N) is 3. The highest BCUT2D eigenvalue weighted by Crippen LogP contribution is 2.29. The van der Waals surface area contributed by atoms with Gasteiger partial charge in [-0.2, -0.15) is 5.26 Å². The molecule has 0 fully saturated rings. The first-order valence-corrected chi connectivity index (χ1v) is 6.41. The lowest BCUT2D eigenvalue weighted by atomic mass is 10.1. The van der Waals surface area contributed by atoms with Crippen LogP contribution in [0.4, 0.5) is 17.3 Å². The van der Waals surface area contributed by atoms with E-state index in [2.05, 4.69) is 42.6 Å². The second kappa shape index (κ2) is 5.67. The molecule has 5 nitrogen and oxygen atoms in total. The van der Waals surface area contributed by atoms with E-state index < -0.39 is 0 Å². The second-order valence-corrected chi connectivity index (χ2v) is 4.69. The average Bonchev–Trinajstić information content (AvgIpc) is 2.43. The van der Waals surface area contributed by atoms with E-state index >= 15 is 0 Å². The van der Waals surface area contributed by atoms with Crippen LogP contribution in [0.5, 0.6) is 0 Å². The largest absolute Gasteiger partial charge is 0.372 e. The van der Waals surface area contributed by atoms with Gasteiger partial charge in [0.25, 0.3) is 0 Å². The van der Waals surface area contributed by atoms with Gasteiger partial charge in [-0.05, 0) is 40.5 Å². The molecule has 96 valence electrons. The molecule has 0 bridgehead atoms. The van der Waals surface area contributed by atoms with E-state index in [1.165, 1.54) is 6.33 Å². The Hall–Kier alpha value is -2.13. The van der Waals surface area contributed by atoms with Crippen LogP contribution >= 0.6 is 15.9 Å². The van der Waals surface area contributed by atoms with Crippen molar-refractivity contribution >= 4 is 33.3 Å². The molecule has 2 rings (SSSR count). The quantitative estimate of drug-likeness (QED) is 0.909. The van der Waals surface area contributed by atoms with Crippen molar-refractivity contribution in [1.29, 1.82) is 5.26 Å². The van der Waals surface area contributed by atoms with Gasteiger partial charge < -0.3 is 10.6 Å². The highest BCUT2D eigenvalue weighted by molar-refractivity contribution is 9.10. The molecule has 0 unspecified atom stereocenters. The van der Waals surface area contributed by atoms with Crippen molar-refractivity contribution in [2.45, 2.75) is 6.92 Å². The second-order valence-electron chi connectivity index (χ2n) is 3.90. The van der Waals surface area contributed by atoms with Crippen LogP contribution in [0, 0.1) is 18.3 Å². The fraction of sp³-hybridized carbons (Fsp3) is 0.154. The van der Waals surface area contributed by atoms with E-state index in [1.807, 2.05) is 13.0 Å². The van der Waals surface area contributed by atoms with Gasteiger partial charge in [0.1, 0.15) is 22.4 Å². The Morgan fingerprint density at radius 2 is 2.00 bits per heavy atom. The molecule has 0 radical (unpaired) electrons. The third-order valence-electron chi connectivity index (χ3n) is 2.65. The van der Waals surface area contributed by atoms with E-state index in [-0.39, 0.29) is 0 Å². The molecule has 1 aromatic heterocycles. The highest BCUT2D eigenvalue weighted by Gasteiger charge is 2.09. The first-order chi connectivity index (χ1) is 9.15. The number of hydrogen-bond donors (Lipinski definition) is 2. The van der Waals surface area contributed by atoms with Crippen LogP contribution in [-0.2, 0) is 0 Å². The van der Waals surface area contributed by atoms with Gasteiger partial charge in [-0.25, -0.2) is 9.97 Å². The monoisotopic (exact) mass is 317 g/mol. The Morgan fingerprint density at radius 3 is 2.68 bits per heavy atom. The van der Waals surface area contributed by atoms with E-state index in [9.17, 15) is 0 Å². The number of nitrogens with one attached hydrogen (secondary N) is 2. The van der Waals surface area contributed by atoms with Gasteiger partial charge >= 0.3 is 0 Å². The van der Waals surface area contributed by atoms with Crippen LogP contribution in [0.25, 0.3) is 0 Å². The summed E-state index contributed by atoms with van der Waals surface area (Å²) >= 11 is 3.44. The Bertz CT molecular complexity index is 648. The number of aromatic nitrogens is 2. The molecular formula is C13H12BrN5. The molecule has 0 saturated heterocycles. The zero-order chi connectivity index (χ0) is 13.8. The van der Waals surface area contributed by atoms with Crippen molar-refractivity contribution in [2.24, 2.45) is 0 Å². The molecule has 2 N–H and O–H groups in total. The van der Waals surface area contributed by atoms with Gasteiger partial charge in [-0.3, -0.25) is 0 Å². The van der Waals surface area contributed by atoms with Crippen molar-refractivity contribution in [3.63, 3.8) is 0 Å².